The van der Waals surface area contributed by atoms with E-state index in [9.17, 15) is 9.00 Å². The van der Waals surface area contributed by atoms with Gasteiger partial charge < -0.3 is 0 Å². The molecule has 1 rings (SSSR count). The normalized spacial score (nSPS) is 12.1. The maximum atomic E-state index is 11.7. The van der Waals surface area contributed by atoms with Crippen molar-refractivity contribution in [1.29, 1.82) is 0 Å². The summed E-state index contributed by atoms with van der Waals surface area (Å²) in [5, 5.41) is 0. The monoisotopic (exact) mass is 225 g/mol. The Morgan fingerprint density at radius 2 is 2.07 bits per heavy atom. The van der Waals surface area contributed by atoms with Crippen molar-refractivity contribution in [1.82, 2.24) is 4.72 Å². The molecule has 0 radical (unpaired) electrons. The molecule has 0 saturated heterocycles. The number of nitrogens with one attached hydrogen (secondary N) is 1. The van der Waals surface area contributed by atoms with Crippen molar-refractivity contribution >= 4 is 16.9 Å². The number of rotatable bonds is 4. The average Bonchev–Trinajstić information content (AvgIpc) is 2.18. The second-order valence-corrected chi connectivity index (χ2v) is 4.49. The zero-order valence-electron chi connectivity index (χ0n) is 8.95. The number of carbonyl (C=O) groups is 1. The molecule has 1 atom stereocenters. The molecule has 0 fully saturated rings. The summed E-state index contributed by atoms with van der Waals surface area (Å²) < 4.78 is 14.2. The molecule has 15 heavy (non-hydrogen) atoms. The van der Waals surface area contributed by atoms with Gasteiger partial charge in [-0.05, 0) is 25.0 Å². The van der Waals surface area contributed by atoms with E-state index in [-0.39, 0.29) is 5.91 Å². The van der Waals surface area contributed by atoms with Crippen LogP contribution < -0.4 is 4.72 Å². The molecule has 0 unspecified atom stereocenters. The molecule has 0 saturated carbocycles. The van der Waals surface area contributed by atoms with Gasteiger partial charge in [0.15, 0.2) is 11.0 Å². The van der Waals surface area contributed by atoms with Crippen molar-refractivity contribution in [3.05, 3.63) is 29.8 Å². The van der Waals surface area contributed by atoms with Gasteiger partial charge in [0.2, 0.25) is 5.91 Å². The quantitative estimate of drug-likeness (QED) is 0.851. The summed E-state index contributed by atoms with van der Waals surface area (Å²) in [7, 11) is -1.43. The standard InChI is InChI=1S/C11H15NO2S/c1-3-6-11(13)12-15(14)10-8-5-4-7-9(10)2/h4-5,7-8H,3,6H2,1-2H3,(H,12,13)/t15-/m0/s1. The first kappa shape index (κ1) is 11.9. The highest BCUT2D eigenvalue weighted by atomic mass is 32.2. The Bertz CT molecular complexity index is 377. The van der Waals surface area contributed by atoms with Crippen LogP contribution in [-0.4, -0.2) is 10.1 Å². The van der Waals surface area contributed by atoms with Crippen LogP contribution in [0.25, 0.3) is 0 Å². The van der Waals surface area contributed by atoms with Crippen LogP contribution in [0.2, 0.25) is 0 Å². The molecule has 1 N–H and O–H groups in total. The second-order valence-electron chi connectivity index (χ2n) is 3.31. The van der Waals surface area contributed by atoms with E-state index in [2.05, 4.69) is 4.72 Å². The van der Waals surface area contributed by atoms with Crippen LogP contribution >= 0.6 is 0 Å². The van der Waals surface area contributed by atoms with Crippen molar-refractivity contribution < 1.29 is 9.00 Å². The molecule has 0 aliphatic rings. The van der Waals surface area contributed by atoms with E-state index in [4.69, 9.17) is 0 Å². The maximum Gasteiger partial charge on any atom is 0.231 e. The number of aryl methyl sites for hydroxylation is 1. The van der Waals surface area contributed by atoms with Crippen molar-refractivity contribution in [2.75, 3.05) is 0 Å². The van der Waals surface area contributed by atoms with Crippen molar-refractivity contribution in [2.45, 2.75) is 31.6 Å². The van der Waals surface area contributed by atoms with Gasteiger partial charge in [-0.1, -0.05) is 25.1 Å². The molecular formula is C11H15NO2S. The van der Waals surface area contributed by atoms with Gasteiger partial charge in [-0.25, -0.2) is 4.21 Å². The van der Waals surface area contributed by atoms with Crippen LogP contribution in [0.1, 0.15) is 25.3 Å². The largest absolute Gasteiger partial charge is 0.274 e. The van der Waals surface area contributed by atoms with Crippen LogP contribution in [0.4, 0.5) is 0 Å². The topological polar surface area (TPSA) is 46.2 Å². The van der Waals surface area contributed by atoms with Crippen LogP contribution in [-0.2, 0) is 15.8 Å². The number of amides is 1. The number of benzene rings is 1. The van der Waals surface area contributed by atoms with E-state index in [0.717, 1.165) is 12.0 Å². The van der Waals surface area contributed by atoms with Gasteiger partial charge >= 0.3 is 0 Å². The van der Waals surface area contributed by atoms with Gasteiger partial charge in [-0.2, -0.15) is 0 Å². The second kappa shape index (κ2) is 5.66. The summed E-state index contributed by atoms with van der Waals surface area (Å²) in [6.07, 6.45) is 1.18. The van der Waals surface area contributed by atoms with Crippen molar-refractivity contribution in [2.24, 2.45) is 0 Å². The van der Waals surface area contributed by atoms with Crippen LogP contribution in [0.5, 0.6) is 0 Å². The van der Waals surface area contributed by atoms with Gasteiger partial charge in [0.05, 0.1) is 4.90 Å². The third-order valence-corrected chi connectivity index (χ3v) is 3.25. The molecule has 82 valence electrons. The fourth-order valence-corrected chi connectivity index (χ4v) is 2.18. The molecular weight excluding hydrogens is 210 g/mol. The highest BCUT2D eigenvalue weighted by molar-refractivity contribution is 7.83. The van der Waals surface area contributed by atoms with Crippen LogP contribution in [0.15, 0.2) is 29.2 Å². The van der Waals surface area contributed by atoms with E-state index in [1.165, 1.54) is 0 Å². The smallest absolute Gasteiger partial charge is 0.231 e. The fourth-order valence-electron chi connectivity index (χ4n) is 1.20. The lowest BCUT2D eigenvalue weighted by Gasteiger charge is -2.06. The van der Waals surface area contributed by atoms with E-state index in [1.807, 2.05) is 32.0 Å². The zero-order valence-corrected chi connectivity index (χ0v) is 9.76. The lowest BCUT2D eigenvalue weighted by molar-refractivity contribution is -0.119. The highest BCUT2D eigenvalue weighted by Crippen LogP contribution is 2.10. The predicted octanol–water partition coefficient (Wildman–Crippen LogP) is 1.93. The minimum Gasteiger partial charge on any atom is -0.274 e. The van der Waals surface area contributed by atoms with Gasteiger partial charge in [-0.3, -0.25) is 9.52 Å². The third kappa shape index (κ3) is 3.47. The summed E-state index contributed by atoms with van der Waals surface area (Å²) >= 11 is 0. The summed E-state index contributed by atoms with van der Waals surface area (Å²) in [6.45, 7) is 3.79. The molecule has 0 bridgehead atoms. The Hall–Kier alpha value is -1.16. The Morgan fingerprint density at radius 3 is 2.67 bits per heavy atom. The average molecular weight is 225 g/mol. The Balaban J connectivity index is 2.70. The molecule has 1 aromatic rings. The van der Waals surface area contributed by atoms with Crippen LogP contribution in [0.3, 0.4) is 0 Å². The number of hydrogen-bond acceptors (Lipinski definition) is 2. The first-order valence-corrected chi connectivity index (χ1v) is 6.07. The van der Waals surface area contributed by atoms with Gasteiger partial charge in [0, 0.05) is 6.42 Å². The maximum absolute atomic E-state index is 11.7. The third-order valence-electron chi connectivity index (χ3n) is 1.98. The Kier molecular flexibility index (Phi) is 4.49. The first-order chi connectivity index (χ1) is 7.15. The molecule has 0 aliphatic carbocycles. The molecule has 1 aromatic carbocycles. The first-order valence-electron chi connectivity index (χ1n) is 4.92. The highest BCUT2D eigenvalue weighted by Gasteiger charge is 2.09. The lowest BCUT2D eigenvalue weighted by atomic mass is 10.2. The molecule has 0 aromatic heterocycles. The minimum absolute atomic E-state index is 0.168. The van der Waals surface area contributed by atoms with E-state index in [1.54, 1.807) is 6.07 Å². The van der Waals surface area contributed by atoms with E-state index < -0.39 is 11.0 Å². The molecule has 1 amide bonds. The Labute approximate surface area is 92.5 Å². The SMILES string of the molecule is CCCC(=O)N[S@@](=O)c1ccccc1C. The fraction of sp³-hybridized carbons (Fsp3) is 0.364. The molecule has 0 heterocycles. The van der Waals surface area contributed by atoms with Gasteiger partial charge in [0.25, 0.3) is 0 Å². The predicted molar refractivity (Wildman–Crippen MR) is 60.6 cm³/mol. The summed E-state index contributed by atoms with van der Waals surface area (Å²) in [5.41, 5.74) is 0.924. The minimum atomic E-state index is -1.43. The lowest BCUT2D eigenvalue weighted by Crippen LogP contribution is -2.25. The van der Waals surface area contributed by atoms with Gasteiger partial charge in [0.1, 0.15) is 0 Å². The van der Waals surface area contributed by atoms with E-state index >= 15 is 0 Å². The van der Waals surface area contributed by atoms with Crippen molar-refractivity contribution in [3.8, 4) is 0 Å². The molecule has 0 spiro atoms. The summed E-state index contributed by atoms with van der Waals surface area (Å²) in [4.78, 5) is 11.9. The molecule has 0 aliphatic heterocycles. The molecule has 4 heteroatoms. The summed E-state index contributed by atoms with van der Waals surface area (Å²) in [5.74, 6) is -0.168. The van der Waals surface area contributed by atoms with E-state index in [0.29, 0.717) is 11.3 Å². The summed E-state index contributed by atoms with van der Waals surface area (Å²) in [6, 6.07) is 7.33. The van der Waals surface area contributed by atoms with Crippen molar-refractivity contribution in [3.63, 3.8) is 0 Å². The van der Waals surface area contributed by atoms with Gasteiger partial charge in [-0.15, -0.1) is 0 Å². The number of hydrogen-bond donors (Lipinski definition) is 1. The Morgan fingerprint density at radius 1 is 1.40 bits per heavy atom. The number of carbonyl (C=O) groups excluding carboxylic acids is 1. The molecule has 3 nitrogen and oxygen atoms in total. The van der Waals surface area contributed by atoms with Crippen LogP contribution in [0, 0.1) is 6.92 Å². The zero-order chi connectivity index (χ0) is 11.3.